The molecule has 0 saturated carbocycles. The van der Waals surface area contributed by atoms with Gasteiger partial charge in [0.25, 0.3) is 5.69 Å². The molecule has 0 fully saturated rings. The van der Waals surface area contributed by atoms with Crippen molar-refractivity contribution in [3.05, 3.63) is 82.4 Å². The lowest BCUT2D eigenvalue weighted by Gasteiger charge is -2.20. The zero-order valence-corrected chi connectivity index (χ0v) is 14.9. The highest BCUT2D eigenvalue weighted by Crippen LogP contribution is 2.22. The Morgan fingerprint density at radius 3 is 2.65 bits per heavy atom. The highest BCUT2D eigenvalue weighted by atomic mass is 16.6. The van der Waals surface area contributed by atoms with Crippen molar-refractivity contribution in [1.29, 1.82) is 0 Å². The summed E-state index contributed by atoms with van der Waals surface area (Å²) in [6.07, 6.45) is 2.11. The van der Waals surface area contributed by atoms with Gasteiger partial charge in [-0.2, -0.15) is 0 Å². The van der Waals surface area contributed by atoms with Gasteiger partial charge in [-0.25, -0.2) is 0 Å². The van der Waals surface area contributed by atoms with Crippen molar-refractivity contribution in [2.24, 2.45) is 0 Å². The van der Waals surface area contributed by atoms with Crippen molar-refractivity contribution in [3.63, 3.8) is 0 Å². The second-order valence-electron chi connectivity index (χ2n) is 6.06. The van der Waals surface area contributed by atoms with Crippen LogP contribution in [0.15, 0.2) is 61.2 Å². The van der Waals surface area contributed by atoms with Crippen LogP contribution in [-0.2, 0) is 11.3 Å². The average molecular weight is 353 g/mol. The summed E-state index contributed by atoms with van der Waals surface area (Å²) in [4.78, 5) is 24.8. The number of rotatable bonds is 9. The molecule has 1 amide bonds. The van der Waals surface area contributed by atoms with Crippen molar-refractivity contribution in [3.8, 4) is 0 Å². The van der Waals surface area contributed by atoms with Crippen molar-refractivity contribution in [2.45, 2.75) is 19.9 Å². The highest BCUT2D eigenvalue weighted by Gasteiger charge is 2.12. The molecule has 0 bridgehead atoms. The van der Waals surface area contributed by atoms with E-state index in [1.807, 2.05) is 36.4 Å². The van der Waals surface area contributed by atoms with Crippen molar-refractivity contribution in [1.82, 2.24) is 4.90 Å². The number of carbonyl (C=O) groups is 1. The van der Waals surface area contributed by atoms with Crippen LogP contribution in [0.3, 0.4) is 0 Å². The number of nitrogens with zero attached hydrogens (tertiary/aromatic N) is 2. The van der Waals surface area contributed by atoms with E-state index >= 15 is 0 Å². The minimum atomic E-state index is -0.471. The van der Waals surface area contributed by atoms with Crippen LogP contribution >= 0.6 is 0 Å². The Bertz CT molecular complexity index is 775. The lowest BCUT2D eigenvalue weighted by atomic mass is 10.1. The minimum Gasteiger partial charge on any atom is -0.326 e. The molecule has 6 nitrogen and oxygen atoms in total. The fourth-order valence-corrected chi connectivity index (χ4v) is 2.59. The molecule has 0 atom stereocenters. The van der Waals surface area contributed by atoms with Gasteiger partial charge in [0.15, 0.2) is 0 Å². The summed E-state index contributed by atoms with van der Waals surface area (Å²) < 4.78 is 0. The van der Waals surface area contributed by atoms with E-state index < -0.39 is 4.92 Å². The molecule has 0 aromatic heterocycles. The molecule has 2 aromatic rings. The second kappa shape index (κ2) is 9.48. The number of nitrogens with one attached hydrogen (secondary N) is 1. The van der Waals surface area contributed by atoms with E-state index in [1.54, 1.807) is 13.0 Å². The first-order valence-corrected chi connectivity index (χ1v) is 8.41. The van der Waals surface area contributed by atoms with Gasteiger partial charge >= 0.3 is 0 Å². The fraction of sp³-hybridized carbons (Fsp3) is 0.250. The number of carbonyl (C=O) groups excluding carboxylic acids is 1. The molecule has 2 aromatic carbocycles. The Balaban J connectivity index is 1.94. The van der Waals surface area contributed by atoms with Gasteiger partial charge in [-0.15, -0.1) is 6.58 Å². The molecular weight excluding hydrogens is 330 g/mol. The van der Waals surface area contributed by atoms with Crippen molar-refractivity contribution < 1.29 is 9.72 Å². The van der Waals surface area contributed by atoms with Gasteiger partial charge in [0.2, 0.25) is 5.91 Å². The summed E-state index contributed by atoms with van der Waals surface area (Å²) in [6, 6.07) is 14.5. The van der Waals surface area contributed by atoms with E-state index in [-0.39, 0.29) is 11.6 Å². The van der Waals surface area contributed by atoms with Crippen LogP contribution in [0, 0.1) is 17.0 Å². The number of nitro groups is 1. The van der Waals surface area contributed by atoms with Gasteiger partial charge in [-0.05, 0) is 18.1 Å². The zero-order chi connectivity index (χ0) is 18.9. The van der Waals surface area contributed by atoms with Gasteiger partial charge < -0.3 is 5.32 Å². The highest BCUT2D eigenvalue weighted by molar-refractivity contribution is 5.92. The third-order valence-corrected chi connectivity index (χ3v) is 4.00. The monoisotopic (exact) mass is 353 g/mol. The number of non-ortho nitro benzene ring substituents is 1. The first kappa shape index (κ1) is 19.3. The minimum absolute atomic E-state index is 0.0386. The van der Waals surface area contributed by atoms with Gasteiger partial charge in [0.05, 0.1) is 10.6 Å². The molecule has 0 saturated heterocycles. The Labute approximate surface area is 153 Å². The Morgan fingerprint density at radius 2 is 2.00 bits per heavy atom. The lowest BCUT2D eigenvalue weighted by molar-refractivity contribution is -0.384. The van der Waals surface area contributed by atoms with Crippen molar-refractivity contribution >= 4 is 17.3 Å². The summed E-state index contributed by atoms with van der Waals surface area (Å²) in [7, 11) is 0. The van der Waals surface area contributed by atoms with Crippen LogP contribution in [0.4, 0.5) is 11.4 Å². The lowest BCUT2D eigenvalue weighted by Crippen LogP contribution is -2.28. The van der Waals surface area contributed by atoms with E-state index in [9.17, 15) is 14.9 Å². The summed E-state index contributed by atoms with van der Waals surface area (Å²) in [5.74, 6) is -0.171. The van der Waals surface area contributed by atoms with E-state index in [1.165, 1.54) is 17.7 Å². The number of anilines is 1. The van der Waals surface area contributed by atoms with Crippen LogP contribution in [0.2, 0.25) is 0 Å². The molecule has 1 N–H and O–H groups in total. The van der Waals surface area contributed by atoms with Gasteiger partial charge in [0.1, 0.15) is 0 Å². The van der Waals surface area contributed by atoms with Gasteiger partial charge in [-0.3, -0.25) is 19.8 Å². The number of aryl methyl sites for hydroxylation is 1. The van der Waals surface area contributed by atoms with E-state index in [2.05, 4.69) is 16.8 Å². The maximum Gasteiger partial charge on any atom is 0.271 e. The SMILES string of the molecule is C=CCN(CCC(=O)Nc1cc([N+](=O)[O-])ccc1C)Cc1ccccc1. The quantitative estimate of drug-likeness (QED) is 0.421. The molecule has 2 rings (SSSR count). The Hall–Kier alpha value is -2.99. The number of hydrogen-bond donors (Lipinski definition) is 1. The standard InChI is InChI=1S/C20H23N3O3/c1-3-12-22(15-17-7-5-4-6-8-17)13-11-20(24)21-19-14-18(23(25)26)10-9-16(19)2/h3-10,14H,1,11-13,15H2,2H3,(H,21,24). The smallest absolute Gasteiger partial charge is 0.271 e. The zero-order valence-electron chi connectivity index (χ0n) is 14.9. The van der Waals surface area contributed by atoms with Crippen LogP contribution in [-0.4, -0.2) is 28.8 Å². The third kappa shape index (κ3) is 5.82. The molecule has 0 aliphatic heterocycles. The predicted octanol–water partition coefficient (Wildman–Crippen LogP) is 3.92. The van der Waals surface area contributed by atoms with Crippen molar-refractivity contribution in [2.75, 3.05) is 18.4 Å². The molecule has 0 radical (unpaired) electrons. The molecule has 6 heteroatoms. The van der Waals surface area contributed by atoms with E-state index in [0.717, 1.165) is 12.1 Å². The summed E-state index contributed by atoms with van der Waals surface area (Å²) in [5, 5.41) is 13.7. The fourth-order valence-electron chi connectivity index (χ4n) is 2.59. The largest absolute Gasteiger partial charge is 0.326 e. The summed E-state index contributed by atoms with van der Waals surface area (Å²) >= 11 is 0. The maximum atomic E-state index is 12.3. The first-order chi connectivity index (χ1) is 12.5. The van der Waals surface area contributed by atoms with Crippen LogP contribution in [0.25, 0.3) is 0 Å². The van der Waals surface area contributed by atoms with Crippen LogP contribution in [0.5, 0.6) is 0 Å². The Morgan fingerprint density at radius 1 is 1.27 bits per heavy atom. The molecular formula is C20H23N3O3. The molecule has 0 heterocycles. The molecule has 136 valence electrons. The first-order valence-electron chi connectivity index (χ1n) is 8.41. The molecule has 0 aliphatic carbocycles. The van der Waals surface area contributed by atoms with E-state index in [0.29, 0.717) is 25.2 Å². The van der Waals surface area contributed by atoms with Gasteiger partial charge in [-0.1, -0.05) is 42.5 Å². The van der Waals surface area contributed by atoms with E-state index in [4.69, 9.17) is 0 Å². The normalized spacial score (nSPS) is 10.5. The Kier molecular flexibility index (Phi) is 7.05. The number of hydrogen-bond acceptors (Lipinski definition) is 4. The predicted molar refractivity (Wildman–Crippen MR) is 103 cm³/mol. The van der Waals surface area contributed by atoms with Crippen LogP contribution < -0.4 is 5.32 Å². The molecule has 0 aliphatic rings. The molecule has 0 unspecified atom stereocenters. The maximum absolute atomic E-state index is 12.3. The van der Waals surface area contributed by atoms with Gasteiger partial charge in [0, 0.05) is 38.2 Å². The second-order valence-corrected chi connectivity index (χ2v) is 6.06. The third-order valence-electron chi connectivity index (χ3n) is 4.00. The number of benzene rings is 2. The topological polar surface area (TPSA) is 75.5 Å². The number of nitro benzene ring substituents is 1. The van der Waals surface area contributed by atoms with Crippen LogP contribution in [0.1, 0.15) is 17.5 Å². The number of amides is 1. The molecule has 0 spiro atoms. The summed E-state index contributed by atoms with van der Waals surface area (Å²) in [5.41, 5.74) is 2.39. The summed E-state index contributed by atoms with van der Waals surface area (Å²) in [6.45, 7) is 7.55. The average Bonchev–Trinajstić information content (AvgIpc) is 2.62. The molecule has 26 heavy (non-hydrogen) atoms.